The molecule has 2 rings (SSSR count). The predicted molar refractivity (Wildman–Crippen MR) is 90.4 cm³/mol. The van der Waals surface area contributed by atoms with Crippen LogP contribution in [0.5, 0.6) is 0 Å². The van der Waals surface area contributed by atoms with E-state index >= 15 is 0 Å². The van der Waals surface area contributed by atoms with Crippen LogP contribution in [0.3, 0.4) is 0 Å². The fourth-order valence-corrected chi connectivity index (χ4v) is 2.30. The molecule has 120 valence electrons. The average molecular weight is 323 g/mol. The maximum absolute atomic E-state index is 11.7. The van der Waals surface area contributed by atoms with E-state index in [0.717, 1.165) is 22.6 Å². The molecule has 1 amide bonds. The molecule has 0 aliphatic heterocycles. The lowest BCUT2D eigenvalue weighted by atomic mass is 10.1. The van der Waals surface area contributed by atoms with Crippen LogP contribution in [-0.2, 0) is 11.3 Å². The van der Waals surface area contributed by atoms with Crippen LogP contribution in [0.25, 0.3) is 5.69 Å². The number of nitrogens with two attached hydrogens (primary N) is 1. The van der Waals surface area contributed by atoms with E-state index in [9.17, 15) is 4.79 Å². The second-order valence-corrected chi connectivity index (χ2v) is 5.43. The van der Waals surface area contributed by atoms with E-state index in [1.54, 1.807) is 0 Å². The Kier molecular flexibility index (Phi) is 6.59. The Hall–Kier alpha value is -1.85. The van der Waals surface area contributed by atoms with Gasteiger partial charge in [0.2, 0.25) is 5.91 Å². The van der Waals surface area contributed by atoms with E-state index in [1.807, 2.05) is 55.8 Å². The summed E-state index contributed by atoms with van der Waals surface area (Å²) in [6, 6.07) is 9.84. The number of hydrogen-bond donors (Lipinski definition) is 2. The number of aromatic nitrogens is 2. The van der Waals surface area contributed by atoms with E-state index in [0.29, 0.717) is 13.0 Å². The Morgan fingerprint density at radius 2 is 2.05 bits per heavy atom. The molecular weight excluding hydrogens is 300 g/mol. The molecule has 1 atom stereocenters. The summed E-state index contributed by atoms with van der Waals surface area (Å²) in [5, 5.41) is 7.41. The third-order valence-electron chi connectivity index (χ3n) is 3.21. The van der Waals surface area contributed by atoms with Gasteiger partial charge >= 0.3 is 0 Å². The zero-order chi connectivity index (χ0) is 15.4. The summed E-state index contributed by atoms with van der Waals surface area (Å²) in [5.74, 6) is -0.0341. The summed E-state index contributed by atoms with van der Waals surface area (Å²) in [4.78, 5) is 11.7. The minimum absolute atomic E-state index is 0. The number of nitrogens with one attached hydrogen (secondary N) is 1. The zero-order valence-electron chi connectivity index (χ0n) is 13.2. The van der Waals surface area contributed by atoms with Crippen molar-refractivity contribution in [3.63, 3.8) is 0 Å². The molecule has 0 radical (unpaired) electrons. The van der Waals surface area contributed by atoms with Crippen LogP contribution in [-0.4, -0.2) is 21.7 Å². The third kappa shape index (κ3) is 4.58. The van der Waals surface area contributed by atoms with Gasteiger partial charge in [-0.25, -0.2) is 4.68 Å². The van der Waals surface area contributed by atoms with Crippen molar-refractivity contribution in [2.45, 2.75) is 39.8 Å². The first-order valence-electron chi connectivity index (χ1n) is 7.11. The Balaban J connectivity index is 0.00000242. The number of aryl methyl sites for hydroxylation is 2. The van der Waals surface area contributed by atoms with E-state index in [4.69, 9.17) is 5.73 Å². The lowest BCUT2D eigenvalue weighted by Crippen LogP contribution is -2.29. The molecule has 0 saturated heterocycles. The number of benzene rings is 1. The van der Waals surface area contributed by atoms with Crippen LogP contribution in [0.2, 0.25) is 0 Å². The summed E-state index contributed by atoms with van der Waals surface area (Å²) in [5.41, 5.74) is 9.70. The van der Waals surface area contributed by atoms with Crippen LogP contribution >= 0.6 is 12.4 Å². The van der Waals surface area contributed by atoms with Gasteiger partial charge in [-0.1, -0.05) is 18.2 Å². The summed E-state index contributed by atoms with van der Waals surface area (Å²) >= 11 is 0. The molecular formula is C16H23ClN4O. The zero-order valence-corrected chi connectivity index (χ0v) is 14.0. The van der Waals surface area contributed by atoms with Crippen LogP contribution < -0.4 is 11.1 Å². The van der Waals surface area contributed by atoms with Gasteiger partial charge < -0.3 is 11.1 Å². The smallest absolute Gasteiger partial charge is 0.221 e. The largest absolute Gasteiger partial charge is 0.352 e. The molecule has 1 unspecified atom stereocenters. The fourth-order valence-electron chi connectivity index (χ4n) is 2.30. The molecule has 0 aliphatic rings. The van der Waals surface area contributed by atoms with Crippen LogP contribution in [0.1, 0.15) is 30.3 Å². The van der Waals surface area contributed by atoms with Crippen LogP contribution in [0.15, 0.2) is 30.3 Å². The Morgan fingerprint density at radius 1 is 1.36 bits per heavy atom. The molecule has 0 bridgehead atoms. The number of hydrogen-bond acceptors (Lipinski definition) is 3. The minimum Gasteiger partial charge on any atom is -0.352 e. The summed E-state index contributed by atoms with van der Waals surface area (Å²) < 4.78 is 1.91. The van der Waals surface area contributed by atoms with E-state index in [1.165, 1.54) is 0 Å². The summed E-state index contributed by atoms with van der Waals surface area (Å²) in [6.07, 6.45) is 0.335. The first-order chi connectivity index (χ1) is 9.97. The molecule has 5 nitrogen and oxygen atoms in total. The van der Waals surface area contributed by atoms with Gasteiger partial charge in [0.15, 0.2) is 0 Å². The molecule has 0 aliphatic carbocycles. The number of nitrogens with zero attached hydrogens (tertiary/aromatic N) is 2. The number of halogens is 1. The van der Waals surface area contributed by atoms with Gasteiger partial charge in [-0.2, -0.15) is 5.10 Å². The lowest BCUT2D eigenvalue weighted by molar-refractivity contribution is -0.121. The molecule has 3 N–H and O–H groups in total. The molecule has 1 aromatic carbocycles. The van der Waals surface area contributed by atoms with Crippen LogP contribution in [0, 0.1) is 13.8 Å². The van der Waals surface area contributed by atoms with Crippen molar-refractivity contribution in [3.05, 3.63) is 47.3 Å². The minimum atomic E-state index is -0.128. The highest BCUT2D eigenvalue weighted by molar-refractivity contribution is 5.85. The number of rotatable bonds is 5. The van der Waals surface area contributed by atoms with Gasteiger partial charge in [0.25, 0.3) is 0 Å². The standard InChI is InChI=1S/C16H22N4O.ClH/c1-11(17)8-16(21)18-10-14-6-4-5-7-15(14)20-13(3)9-12(2)19-20;/h4-7,9,11H,8,10,17H2,1-3H3,(H,18,21);1H. The van der Waals surface area contributed by atoms with E-state index < -0.39 is 0 Å². The number of carbonyl (C=O) groups is 1. The monoisotopic (exact) mass is 322 g/mol. The van der Waals surface area contributed by atoms with Crippen molar-refractivity contribution in [1.29, 1.82) is 0 Å². The number of amides is 1. The highest BCUT2D eigenvalue weighted by Gasteiger charge is 2.10. The fraction of sp³-hybridized carbons (Fsp3) is 0.375. The summed E-state index contributed by atoms with van der Waals surface area (Å²) in [6.45, 7) is 6.28. The molecule has 0 saturated carbocycles. The van der Waals surface area contributed by atoms with Crippen molar-refractivity contribution < 1.29 is 4.79 Å². The highest BCUT2D eigenvalue weighted by atomic mass is 35.5. The van der Waals surface area contributed by atoms with Crippen LogP contribution in [0.4, 0.5) is 0 Å². The second-order valence-electron chi connectivity index (χ2n) is 5.43. The molecule has 0 spiro atoms. The Morgan fingerprint density at radius 3 is 2.64 bits per heavy atom. The Labute approximate surface area is 137 Å². The average Bonchev–Trinajstić information content (AvgIpc) is 2.75. The van der Waals surface area contributed by atoms with Gasteiger partial charge in [-0.05, 0) is 38.5 Å². The maximum atomic E-state index is 11.7. The van der Waals surface area contributed by atoms with Crippen molar-refractivity contribution in [3.8, 4) is 5.69 Å². The lowest BCUT2D eigenvalue weighted by Gasteiger charge is -2.12. The van der Waals surface area contributed by atoms with Gasteiger partial charge in [0.1, 0.15) is 0 Å². The number of carbonyl (C=O) groups excluding carboxylic acids is 1. The first kappa shape index (κ1) is 18.2. The third-order valence-corrected chi connectivity index (χ3v) is 3.21. The van der Waals surface area contributed by atoms with E-state index in [-0.39, 0.29) is 24.4 Å². The first-order valence-corrected chi connectivity index (χ1v) is 7.11. The molecule has 0 fully saturated rings. The SMILES string of the molecule is Cc1cc(C)n(-c2ccccc2CNC(=O)CC(C)N)n1.Cl. The molecule has 2 aromatic rings. The molecule has 6 heteroatoms. The van der Waals surface area contributed by atoms with Gasteiger partial charge in [0, 0.05) is 24.7 Å². The highest BCUT2D eigenvalue weighted by Crippen LogP contribution is 2.16. The van der Waals surface area contributed by atoms with Crippen molar-refractivity contribution in [2.75, 3.05) is 0 Å². The topological polar surface area (TPSA) is 72.9 Å². The van der Waals surface area contributed by atoms with Gasteiger partial charge in [-0.15, -0.1) is 12.4 Å². The summed E-state index contributed by atoms with van der Waals surface area (Å²) in [7, 11) is 0. The van der Waals surface area contributed by atoms with Gasteiger partial charge in [-0.3, -0.25) is 4.79 Å². The second kappa shape index (κ2) is 7.96. The maximum Gasteiger partial charge on any atom is 0.221 e. The molecule has 1 heterocycles. The molecule has 22 heavy (non-hydrogen) atoms. The van der Waals surface area contributed by atoms with Crippen molar-refractivity contribution >= 4 is 18.3 Å². The van der Waals surface area contributed by atoms with Crippen molar-refractivity contribution in [2.24, 2.45) is 5.73 Å². The van der Waals surface area contributed by atoms with Crippen molar-refractivity contribution in [1.82, 2.24) is 15.1 Å². The molecule has 1 aromatic heterocycles. The Bertz CT molecular complexity index is 637. The van der Waals surface area contributed by atoms with E-state index in [2.05, 4.69) is 10.4 Å². The normalized spacial score (nSPS) is 11.6. The quantitative estimate of drug-likeness (QED) is 0.887. The number of para-hydroxylation sites is 1. The van der Waals surface area contributed by atoms with Gasteiger partial charge in [0.05, 0.1) is 11.4 Å². The predicted octanol–water partition coefficient (Wildman–Crippen LogP) is 2.26.